The number of likely N-dealkylation sites (tertiary alicyclic amines) is 1. The summed E-state index contributed by atoms with van der Waals surface area (Å²) in [5.41, 5.74) is 14.7. The smallest absolute Gasteiger partial charge is 0.308 e. The Bertz CT molecular complexity index is 1210. The molecule has 0 bridgehead atoms. The lowest BCUT2D eigenvalue weighted by atomic mass is 9.74. The first-order valence-corrected chi connectivity index (χ1v) is 13.8. The molecular weight excluding hydrogens is 501 g/mol. The number of benzene rings is 2. The molecule has 39 heavy (non-hydrogen) atoms. The molecule has 2 aromatic carbocycles. The molecule has 9 nitrogen and oxygen atoms in total. The van der Waals surface area contributed by atoms with Crippen molar-refractivity contribution in [3.05, 3.63) is 53.3 Å². The zero-order valence-electron chi connectivity index (χ0n) is 22.5. The van der Waals surface area contributed by atoms with E-state index < -0.39 is 5.97 Å². The second-order valence-electron chi connectivity index (χ2n) is 10.9. The number of carbonyl (C=O) groups excluding carboxylic acids is 2. The minimum atomic E-state index is -0.419. The van der Waals surface area contributed by atoms with Crippen LogP contribution < -0.4 is 31.4 Å². The predicted octanol–water partition coefficient (Wildman–Crippen LogP) is 3.06. The van der Waals surface area contributed by atoms with Gasteiger partial charge in [-0.15, -0.1) is 0 Å². The number of fused-ring (bicyclic) bond motifs is 1. The standard InChI is InChI=1S/C29H38FN5O4/c1-17(36)39-27-14-18(8-10-24(27)31)28-21-13-19(9-11-25(21)33-34-28)29(37)32-20-5-4-12-35(15-20)16-22-23(30)6-3-7-26(22)38-2/h3,6-8,10,14,19-21,25,28,33-34H,4-5,9,11-13,15-16,31H2,1-2H3,(H,32,37)/t19?,20-,21?,25?,28?/m1/s1. The van der Waals surface area contributed by atoms with Gasteiger partial charge in [-0.25, -0.2) is 9.82 Å². The number of esters is 1. The minimum Gasteiger partial charge on any atom is -0.496 e. The fourth-order valence-corrected chi connectivity index (χ4v) is 6.36. The van der Waals surface area contributed by atoms with Gasteiger partial charge in [0.2, 0.25) is 5.91 Å². The summed E-state index contributed by atoms with van der Waals surface area (Å²) in [6, 6.07) is 10.6. The summed E-state index contributed by atoms with van der Waals surface area (Å²) in [5, 5.41) is 3.30. The molecule has 0 aromatic heterocycles. The van der Waals surface area contributed by atoms with Gasteiger partial charge in [0.25, 0.3) is 0 Å². The number of halogens is 1. The normalized spacial score (nSPS) is 27.0. The van der Waals surface area contributed by atoms with Gasteiger partial charge in [0.1, 0.15) is 11.6 Å². The van der Waals surface area contributed by atoms with Crippen LogP contribution in [0.1, 0.15) is 56.2 Å². The lowest BCUT2D eigenvalue weighted by molar-refractivity contribution is -0.132. The Kier molecular flexibility index (Phi) is 8.34. The average molecular weight is 540 g/mol. The van der Waals surface area contributed by atoms with E-state index in [0.717, 1.165) is 44.2 Å². The molecule has 1 amide bonds. The molecule has 5 atom stereocenters. The highest BCUT2D eigenvalue weighted by molar-refractivity contribution is 5.79. The zero-order chi connectivity index (χ0) is 27.5. The number of anilines is 1. The Morgan fingerprint density at radius 2 is 2.00 bits per heavy atom. The summed E-state index contributed by atoms with van der Waals surface area (Å²) in [6.07, 6.45) is 4.30. The Morgan fingerprint density at radius 3 is 2.79 bits per heavy atom. The number of hydrogen-bond acceptors (Lipinski definition) is 8. The first-order valence-electron chi connectivity index (χ1n) is 13.8. The molecule has 5 rings (SSSR count). The number of carbonyl (C=O) groups is 2. The Hall–Kier alpha value is -3.21. The minimum absolute atomic E-state index is 0.0265. The van der Waals surface area contributed by atoms with Gasteiger partial charge in [0.15, 0.2) is 5.75 Å². The molecule has 3 fully saturated rings. The van der Waals surface area contributed by atoms with E-state index in [1.165, 1.54) is 13.0 Å². The second-order valence-corrected chi connectivity index (χ2v) is 10.9. The van der Waals surface area contributed by atoms with Crippen molar-refractivity contribution in [2.45, 2.75) is 63.7 Å². The third-order valence-corrected chi connectivity index (χ3v) is 8.30. The fraction of sp³-hybridized carbons (Fsp3) is 0.517. The summed E-state index contributed by atoms with van der Waals surface area (Å²) in [7, 11) is 1.55. The number of amides is 1. The van der Waals surface area contributed by atoms with Gasteiger partial charge < -0.3 is 20.5 Å². The van der Waals surface area contributed by atoms with Crippen molar-refractivity contribution in [1.29, 1.82) is 0 Å². The summed E-state index contributed by atoms with van der Waals surface area (Å²) in [5.74, 6) is 0.424. The van der Waals surface area contributed by atoms with Crippen molar-refractivity contribution in [2.24, 2.45) is 11.8 Å². The number of hydrazine groups is 1. The molecule has 2 heterocycles. The van der Waals surface area contributed by atoms with Crippen LogP contribution in [0, 0.1) is 17.7 Å². The molecule has 10 heteroatoms. The molecule has 0 radical (unpaired) electrons. The SMILES string of the molecule is COc1cccc(F)c1CN1CCC[C@@H](NC(=O)C2CCC3NNC(c4ccc(N)c(OC(C)=O)c4)C3C2)C1. The zero-order valence-corrected chi connectivity index (χ0v) is 22.5. The molecular formula is C29H38FN5O4. The van der Waals surface area contributed by atoms with Crippen molar-refractivity contribution in [1.82, 2.24) is 21.1 Å². The van der Waals surface area contributed by atoms with E-state index in [0.29, 0.717) is 35.8 Å². The maximum absolute atomic E-state index is 14.5. The summed E-state index contributed by atoms with van der Waals surface area (Å²) >= 11 is 0. The van der Waals surface area contributed by atoms with Crippen LogP contribution in [0.5, 0.6) is 11.5 Å². The summed E-state index contributed by atoms with van der Waals surface area (Å²) in [6.45, 7) is 3.33. The largest absolute Gasteiger partial charge is 0.496 e. The first kappa shape index (κ1) is 27.4. The summed E-state index contributed by atoms with van der Waals surface area (Å²) in [4.78, 5) is 27.1. The van der Waals surface area contributed by atoms with Crippen LogP contribution in [0.3, 0.4) is 0 Å². The topological polar surface area (TPSA) is 118 Å². The van der Waals surface area contributed by atoms with Gasteiger partial charge in [-0.05, 0) is 74.4 Å². The van der Waals surface area contributed by atoms with Crippen LogP contribution in [-0.4, -0.2) is 49.1 Å². The van der Waals surface area contributed by atoms with Crippen molar-refractivity contribution in [3.63, 3.8) is 0 Å². The average Bonchev–Trinajstić information content (AvgIpc) is 3.34. The molecule has 210 valence electrons. The van der Waals surface area contributed by atoms with E-state index in [9.17, 15) is 14.0 Å². The van der Waals surface area contributed by atoms with Gasteiger partial charge in [0, 0.05) is 43.6 Å². The van der Waals surface area contributed by atoms with Crippen LogP contribution >= 0.6 is 0 Å². The van der Waals surface area contributed by atoms with E-state index in [4.69, 9.17) is 15.2 Å². The van der Waals surface area contributed by atoms with Crippen molar-refractivity contribution < 1.29 is 23.5 Å². The predicted molar refractivity (Wildman–Crippen MR) is 145 cm³/mol. The Morgan fingerprint density at radius 1 is 1.15 bits per heavy atom. The number of nitrogens with two attached hydrogens (primary N) is 1. The van der Waals surface area contributed by atoms with Crippen LogP contribution in [-0.2, 0) is 16.1 Å². The van der Waals surface area contributed by atoms with E-state index in [1.54, 1.807) is 25.3 Å². The number of nitrogens with one attached hydrogen (secondary N) is 3. The number of rotatable bonds is 7. The van der Waals surface area contributed by atoms with Gasteiger partial charge in [0.05, 0.1) is 18.8 Å². The molecule has 1 saturated carbocycles. The molecule has 0 spiro atoms. The van der Waals surface area contributed by atoms with Gasteiger partial charge >= 0.3 is 5.97 Å². The van der Waals surface area contributed by atoms with Crippen molar-refractivity contribution >= 4 is 17.6 Å². The lowest BCUT2D eigenvalue weighted by Gasteiger charge is -2.36. The molecule has 5 N–H and O–H groups in total. The highest BCUT2D eigenvalue weighted by Crippen LogP contribution is 2.42. The van der Waals surface area contributed by atoms with Gasteiger partial charge in [-0.1, -0.05) is 12.1 Å². The number of methoxy groups -OCH3 is 1. The third-order valence-electron chi connectivity index (χ3n) is 8.30. The van der Waals surface area contributed by atoms with Crippen LogP contribution in [0.2, 0.25) is 0 Å². The third kappa shape index (κ3) is 6.18. The molecule has 3 aliphatic rings. The van der Waals surface area contributed by atoms with E-state index in [-0.39, 0.29) is 41.7 Å². The quantitative estimate of drug-likeness (QED) is 0.241. The Balaban J connectivity index is 1.20. The number of piperidine rings is 1. The fourth-order valence-electron chi connectivity index (χ4n) is 6.36. The van der Waals surface area contributed by atoms with Crippen molar-refractivity contribution in [2.75, 3.05) is 25.9 Å². The maximum atomic E-state index is 14.5. The number of ether oxygens (including phenoxy) is 2. The van der Waals surface area contributed by atoms with Gasteiger partial charge in [-0.2, -0.15) is 0 Å². The monoisotopic (exact) mass is 539 g/mol. The summed E-state index contributed by atoms with van der Waals surface area (Å²) < 4.78 is 25.1. The number of hydrogen-bond donors (Lipinski definition) is 4. The van der Waals surface area contributed by atoms with Crippen LogP contribution in [0.4, 0.5) is 10.1 Å². The molecule has 1 aliphatic carbocycles. The Labute approximate surface area is 228 Å². The van der Waals surface area contributed by atoms with E-state index >= 15 is 0 Å². The second kappa shape index (κ2) is 11.9. The molecule has 2 saturated heterocycles. The molecule has 4 unspecified atom stereocenters. The molecule has 2 aliphatic heterocycles. The maximum Gasteiger partial charge on any atom is 0.308 e. The highest BCUT2D eigenvalue weighted by Gasteiger charge is 2.43. The number of nitrogens with zero attached hydrogens (tertiary/aromatic N) is 1. The van der Waals surface area contributed by atoms with E-state index in [1.807, 2.05) is 12.1 Å². The first-order chi connectivity index (χ1) is 18.8. The lowest BCUT2D eigenvalue weighted by Crippen LogP contribution is -2.50. The van der Waals surface area contributed by atoms with Gasteiger partial charge in [-0.3, -0.25) is 19.9 Å². The van der Waals surface area contributed by atoms with Crippen LogP contribution in [0.15, 0.2) is 36.4 Å². The number of nitrogen functional groups attached to an aromatic ring is 1. The van der Waals surface area contributed by atoms with E-state index in [2.05, 4.69) is 21.1 Å². The van der Waals surface area contributed by atoms with Crippen molar-refractivity contribution in [3.8, 4) is 11.5 Å². The van der Waals surface area contributed by atoms with Crippen LogP contribution in [0.25, 0.3) is 0 Å². The molecule has 2 aromatic rings. The highest BCUT2D eigenvalue weighted by atomic mass is 19.1.